The minimum absolute atomic E-state index is 0.00125. The molecule has 1 heterocycles. The second kappa shape index (κ2) is 8.27. The number of benzene rings is 1. The van der Waals surface area contributed by atoms with Gasteiger partial charge in [-0.25, -0.2) is 9.67 Å². The van der Waals surface area contributed by atoms with Crippen molar-refractivity contribution in [1.82, 2.24) is 19.7 Å². The molecular formula is C17H23N5O3. The largest absolute Gasteiger partial charge is 0.496 e. The Balaban J connectivity index is 2.11. The predicted octanol–water partition coefficient (Wildman–Crippen LogP) is 0.997. The Kier molecular flexibility index (Phi) is 6.10. The highest BCUT2D eigenvalue weighted by molar-refractivity contribution is 5.88. The molecule has 2 amide bonds. The molecule has 134 valence electrons. The predicted molar refractivity (Wildman–Crippen MR) is 92.0 cm³/mol. The van der Waals surface area contributed by atoms with Crippen LogP contribution in [0, 0.1) is 0 Å². The third kappa shape index (κ3) is 4.56. The number of carbonyl (C=O) groups is 2. The van der Waals surface area contributed by atoms with Crippen LogP contribution in [-0.2, 0) is 24.3 Å². The van der Waals surface area contributed by atoms with E-state index in [9.17, 15) is 9.59 Å². The fraction of sp³-hybridized carbons (Fsp3) is 0.412. The quantitative estimate of drug-likeness (QED) is 0.768. The Morgan fingerprint density at radius 2 is 2.04 bits per heavy atom. The maximum absolute atomic E-state index is 12.5. The van der Waals surface area contributed by atoms with Gasteiger partial charge in [0.25, 0.3) is 5.91 Å². The topological polar surface area (TPSA) is 103 Å². The number of ether oxygens (including phenoxy) is 1. The number of carbonyl (C=O) groups excluding carboxylic acids is 2. The molecule has 0 aliphatic heterocycles. The van der Waals surface area contributed by atoms with Crippen molar-refractivity contribution in [3.8, 4) is 5.75 Å². The van der Waals surface area contributed by atoms with Gasteiger partial charge in [-0.15, -0.1) is 5.10 Å². The average molecular weight is 345 g/mol. The van der Waals surface area contributed by atoms with Crippen LogP contribution in [0.5, 0.6) is 5.75 Å². The molecule has 1 aromatic carbocycles. The normalized spacial score (nSPS) is 10.5. The van der Waals surface area contributed by atoms with Crippen molar-refractivity contribution in [3.05, 3.63) is 41.5 Å². The first kappa shape index (κ1) is 18.4. The van der Waals surface area contributed by atoms with E-state index in [-0.39, 0.29) is 18.3 Å². The maximum Gasteiger partial charge on any atom is 0.288 e. The first-order valence-corrected chi connectivity index (χ1v) is 8.05. The van der Waals surface area contributed by atoms with Crippen molar-refractivity contribution in [2.45, 2.75) is 32.9 Å². The van der Waals surface area contributed by atoms with Crippen LogP contribution in [0.2, 0.25) is 0 Å². The number of nitrogens with two attached hydrogens (primary N) is 1. The van der Waals surface area contributed by atoms with E-state index in [1.807, 2.05) is 31.2 Å². The highest BCUT2D eigenvalue weighted by atomic mass is 16.5. The van der Waals surface area contributed by atoms with Gasteiger partial charge in [-0.1, -0.05) is 25.1 Å². The molecule has 2 aromatic rings. The summed E-state index contributed by atoms with van der Waals surface area (Å²) in [6.07, 6.45) is 1.44. The van der Waals surface area contributed by atoms with Gasteiger partial charge in [-0.2, -0.15) is 0 Å². The summed E-state index contributed by atoms with van der Waals surface area (Å²) in [4.78, 5) is 29.5. The third-order valence-corrected chi connectivity index (χ3v) is 3.75. The first-order chi connectivity index (χ1) is 12.0. The maximum atomic E-state index is 12.5. The van der Waals surface area contributed by atoms with E-state index >= 15 is 0 Å². The Hall–Kier alpha value is -2.90. The molecular weight excluding hydrogens is 322 g/mol. The van der Waals surface area contributed by atoms with Crippen LogP contribution >= 0.6 is 0 Å². The van der Waals surface area contributed by atoms with E-state index in [4.69, 9.17) is 10.5 Å². The second-order valence-electron chi connectivity index (χ2n) is 5.69. The molecule has 8 heteroatoms. The molecule has 8 nitrogen and oxygen atoms in total. The van der Waals surface area contributed by atoms with E-state index in [2.05, 4.69) is 10.1 Å². The number of aromatic nitrogens is 3. The zero-order valence-electron chi connectivity index (χ0n) is 14.7. The summed E-state index contributed by atoms with van der Waals surface area (Å²) >= 11 is 0. The summed E-state index contributed by atoms with van der Waals surface area (Å²) in [5.74, 6) is 0.389. The molecule has 1 aromatic heterocycles. The van der Waals surface area contributed by atoms with Crippen molar-refractivity contribution in [2.24, 2.45) is 5.73 Å². The fourth-order valence-corrected chi connectivity index (χ4v) is 2.44. The standard InChI is InChI=1S/C17H23N5O3/c1-4-7-14-19-17(16(18)24)20-22(14)11-15(23)21(2)10-12-8-5-6-9-13(12)25-3/h5-6,8-9H,4,7,10-11H2,1-3H3,(H2,18,24). The number of hydrogen-bond donors (Lipinski definition) is 1. The molecule has 0 radical (unpaired) electrons. The number of amides is 2. The first-order valence-electron chi connectivity index (χ1n) is 8.05. The smallest absolute Gasteiger partial charge is 0.288 e. The number of methoxy groups -OCH3 is 1. The second-order valence-corrected chi connectivity index (χ2v) is 5.69. The lowest BCUT2D eigenvalue weighted by Crippen LogP contribution is -2.31. The van der Waals surface area contributed by atoms with Gasteiger partial charge in [0, 0.05) is 25.6 Å². The number of para-hydroxylation sites is 1. The molecule has 0 atom stereocenters. The van der Waals surface area contributed by atoms with Crippen LogP contribution in [0.4, 0.5) is 0 Å². The van der Waals surface area contributed by atoms with Crippen molar-refractivity contribution in [3.63, 3.8) is 0 Å². The number of aryl methyl sites for hydroxylation is 1. The minimum Gasteiger partial charge on any atom is -0.496 e. The molecule has 0 aliphatic rings. The van der Waals surface area contributed by atoms with Crippen molar-refractivity contribution in [2.75, 3.05) is 14.2 Å². The van der Waals surface area contributed by atoms with E-state index in [1.165, 1.54) is 4.68 Å². The summed E-state index contributed by atoms with van der Waals surface area (Å²) in [5.41, 5.74) is 6.14. The minimum atomic E-state index is -0.703. The van der Waals surface area contributed by atoms with Crippen LogP contribution in [0.3, 0.4) is 0 Å². The van der Waals surface area contributed by atoms with Gasteiger partial charge in [0.2, 0.25) is 11.7 Å². The monoisotopic (exact) mass is 345 g/mol. The summed E-state index contributed by atoms with van der Waals surface area (Å²) < 4.78 is 6.76. The number of nitrogens with zero attached hydrogens (tertiary/aromatic N) is 4. The van der Waals surface area contributed by atoms with Crippen LogP contribution < -0.4 is 10.5 Å². The molecule has 0 bridgehead atoms. The number of likely N-dealkylation sites (N-methyl/N-ethyl adjacent to an activating group) is 1. The van der Waals surface area contributed by atoms with E-state index in [1.54, 1.807) is 19.1 Å². The molecule has 0 saturated carbocycles. The van der Waals surface area contributed by atoms with Gasteiger partial charge in [-0.3, -0.25) is 9.59 Å². The highest BCUT2D eigenvalue weighted by Crippen LogP contribution is 2.18. The van der Waals surface area contributed by atoms with Crippen LogP contribution in [0.15, 0.2) is 24.3 Å². The Labute approximate surface area is 146 Å². The molecule has 2 rings (SSSR count). The number of primary amides is 1. The molecule has 0 spiro atoms. The van der Waals surface area contributed by atoms with Crippen molar-refractivity contribution in [1.29, 1.82) is 0 Å². The molecule has 0 fully saturated rings. The summed E-state index contributed by atoms with van der Waals surface area (Å²) in [5, 5.41) is 4.05. The van der Waals surface area contributed by atoms with Crippen molar-refractivity contribution < 1.29 is 14.3 Å². The zero-order chi connectivity index (χ0) is 18.4. The summed E-state index contributed by atoms with van der Waals surface area (Å²) in [6.45, 7) is 2.39. The number of rotatable bonds is 8. The SMILES string of the molecule is CCCc1nc(C(N)=O)nn1CC(=O)N(C)Cc1ccccc1OC. The molecule has 0 unspecified atom stereocenters. The van der Waals surface area contributed by atoms with E-state index in [0.717, 1.165) is 17.7 Å². The fourth-order valence-electron chi connectivity index (χ4n) is 2.44. The van der Waals surface area contributed by atoms with Gasteiger partial charge in [0.1, 0.15) is 18.1 Å². The molecule has 0 saturated heterocycles. The van der Waals surface area contributed by atoms with Crippen LogP contribution in [-0.4, -0.2) is 45.6 Å². The van der Waals surface area contributed by atoms with Gasteiger partial charge in [-0.05, 0) is 12.5 Å². The molecule has 2 N–H and O–H groups in total. The number of hydrogen-bond acceptors (Lipinski definition) is 5. The van der Waals surface area contributed by atoms with Crippen LogP contribution in [0.25, 0.3) is 0 Å². The zero-order valence-corrected chi connectivity index (χ0v) is 14.7. The third-order valence-electron chi connectivity index (χ3n) is 3.75. The lowest BCUT2D eigenvalue weighted by molar-refractivity contribution is -0.131. The van der Waals surface area contributed by atoms with E-state index in [0.29, 0.717) is 18.8 Å². The summed E-state index contributed by atoms with van der Waals surface area (Å²) in [6, 6.07) is 7.53. The van der Waals surface area contributed by atoms with Gasteiger partial charge >= 0.3 is 0 Å². The van der Waals surface area contributed by atoms with Gasteiger partial charge < -0.3 is 15.4 Å². The van der Waals surface area contributed by atoms with Crippen molar-refractivity contribution >= 4 is 11.8 Å². The molecule has 0 aliphatic carbocycles. The Morgan fingerprint density at radius 1 is 1.32 bits per heavy atom. The van der Waals surface area contributed by atoms with Crippen LogP contribution in [0.1, 0.15) is 35.4 Å². The lowest BCUT2D eigenvalue weighted by Gasteiger charge is -2.19. The average Bonchev–Trinajstić information content (AvgIpc) is 2.98. The van der Waals surface area contributed by atoms with Gasteiger partial charge in [0.15, 0.2) is 0 Å². The van der Waals surface area contributed by atoms with E-state index < -0.39 is 5.91 Å². The Morgan fingerprint density at radius 3 is 2.68 bits per heavy atom. The van der Waals surface area contributed by atoms with Gasteiger partial charge in [0.05, 0.1) is 7.11 Å². The lowest BCUT2D eigenvalue weighted by atomic mass is 10.2. The highest BCUT2D eigenvalue weighted by Gasteiger charge is 2.18. The summed E-state index contributed by atoms with van der Waals surface area (Å²) in [7, 11) is 3.30. The Bertz CT molecular complexity index is 756. The molecule has 25 heavy (non-hydrogen) atoms.